The SMILES string of the molecule is CN1CCN(Cc2nc3sc4c(c3c(=O)[nH]2)CCCC4)CC1. The zero-order chi connectivity index (χ0) is 15.1. The number of hydrogen-bond donors (Lipinski definition) is 1. The summed E-state index contributed by atoms with van der Waals surface area (Å²) in [5.41, 5.74) is 1.33. The number of nitrogens with zero attached hydrogens (tertiary/aromatic N) is 3. The van der Waals surface area contributed by atoms with Gasteiger partial charge in [-0.25, -0.2) is 4.98 Å². The second-order valence-electron chi connectivity index (χ2n) is 6.48. The highest BCUT2D eigenvalue weighted by atomic mass is 32.1. The fourth-order valence-corrected chi connectivity index (χ4v) is 4.78. The first-order chi connectivity index (χ1) is 10.7. The van der Waals surface area contributed by atoms with Crippen molar-refractivity contribution in [3.05, 3.63) is 26.6 Å². The Morgan fingerprint density at radius 1 is 1.18 bits per heavy atom. The van der Waals surface area contributed by atoms with Gasteiger partial charge >= 0.3 is 0 Å². The van der Waals surface area contributed by atoms with Gasteiger partial charge in [0.05, 0.1) is 11.9 Å². The molecule has 1 N–H and O–H groups in total. The van der Waals surface area contributed by atoms with Crippen molar-refractivity contribution in [2.75, 3.05) is 33.2 Å². The van der Waals surface area contributed by atoms with Gasteiger partial charge in [0.25, 0.3) is 5.56 Å². The third-order valence-electron chi connectivity index (χ3n) is 4.84. The molecule has 0 bridgehead atoms. The Morgan fingerprint density at radius 2 is 1.95 bits per heavy atom. The van der Waals surface area contributed by atoms with E-state index < -0.39 is 0 Å². The van der Waals surface area contributed by atoms with Gasteiger partial charge in [0.2, 0.25) is 0 Å². The minimum Gasteiger partial charge on any atom is -0.309 e. The van der Waals surface area contributed by atoms with Crippen LogP contribution in [-0.4, -0.2) is 53.0 Å². The van der Waals surface area contributed by atoms with Crippen LogP contribution >= 0.6 is 11.3 Å². The standard InChI is InChI=1S/C16H22N4OS/c1-19-6-8-20(9-7-19)10-13-17-15(21)14-11-4-2-3-5-12(11)22-16(14)18-13/h2-10H2,1H3,(H,17,18,21). The van der Waals surface area contributed by atoms with Crippen LogP contribution in [0.3, 0.4) is 0 Å². The summed E-state index contributed by atoms with van der Waals surface area (Å²) in [7, 11) is 2.15. The number of fused-ring (bicyclic) bond motifs is 3. The zero-order valence-electron chi connectivity index (χ0n) is 13.0. The molecule has 22 heavy (non-hydrogen) atoms. The highest BCUT2D eigenvalue weighted by molar-refractivity contribution is 7.18. The molecular weight excluding hydrogens is 296 g/mol. The Labute approximate surface area is 134 Å². The van der Waals surface area contributed by atoms with E-state index >= 15 is 0 Å². The smallest absolute Gasteiger partial charge is 0.259 e. The quantitative estimate of drug-likeness (QED) is 0.914. The predicted molar refractivity (Wildman–Crippen MR) is 89.7 cm³/mol. The van der Waals surface area contributed by atoms with Crippen molar-refractivity contribution in [2.24, 2.45) is 0 Å². The summed E-state index contributed by atoms with van der Waals surface area (Å²) < 4.78 is 0. The Balaban J connectivity index is 1.64. The van der Waals surface area contributed by atoms with Gasteiger partial charge in [-0.3, -0.25) is 9.69 Å². The minimum atomic E-state index is 0.0635. The normalized spacial score (nSPS) is 20.4. The van der Waals surface area contributed by atoms with Crippen LogP contribution in [0.25, 0.3) is 10.2 Å². The van der Waals surface area contributed by atoms with Crippen molar-refractivity contribution < 1.29 is 0 Å². The van der Waals surface area contributed by atoms with Crippen molar-refractivity contribution in [1.82, 2.24) is 19.8 Å². The Kier molecular flexibility index (Phi) is 3.76. The van der Waals surface area contributed by atoms with Gasteiger partial charge in [-0.1, -0.05) is 0 Å². The molecule has 0 saturated carbocycles. The molecule has 3 heterocycles. The van der Waals surface area contributed by atoms with Crippen LogP contribution in [0.5, 0.6) is 0 Å². The van der Waals surface area contributed by atoms with Crippen LogP contribution < -0.4 is 5.56 Å². The average Bonchev–Trinajstić information content (AvgIpc) is 2.88. The van der Waals surface area contributed by atoms with E-state index in [2.05, 4.69) is 21.8 Å². The molecule has 5 nitrogen and oxygen atoms in total. The average molecular weight is 318 g/mol. The minimum absolute atomic E-state index is 0.0635. The number of rotatable bonds is 2. The van der Waals surface area contributed by atoms with Crippen LogP contribution in [0.1, 0.15) is 29.1 Å². The molecule has 1 aliphatic carbocycles. The first-order valence-electron chi connectivity index (χ1n) is 8.15. The number of piperazine rings is 1. The molecule has 2 aliphatic rings. The van der Waals surface area contributed by atoms with E-state index in [1.165, 1.54) is 23.3 Å². The molecule has 4 rings (SSSR count). The first kappa shape index (κ1) is 14.4. The summed E-state index contributed by atoms with van der Waals surface area (Å²) in [6, 6.07) is 0. The van der Waals surface area contributed by atoms with E-state index in [0.29, 0.717) is 0 Å². The summed E-state index contributed by atoms with van der Waals surface area (Å²) in [4.78, 5) is 27.3. The molecule has 0 atom stereocenters. The topological polar surface area (TPSA) is 52.2 Å². The molecule has 1 aliphatic heterocycles. The maximum absolute atomic E-state index is 12.5. The van der Waals surface area contributed by atoms with E-state index in [0.717, 1.165) is 61.6 Å². The second-order valence-corrected chi connectivity index (χ2v) is 7.57. The van der Waals surface area contributed by atoms with E-state index in [1.54, 1.807) is 11.3 Å². The van der Waals surface area contributed by atoms with Crippen LogP contribution in [0, 0.1) is 0 Å². The van der Waals surface area contributed by atoms with Gasteiger partial charge in [0.15, 0.2) is 0 Å². The number of thiophene rings is 1. The summed E-state index contributed by atoms with van der Waals surface area (Å²) >= 11 is 1.73. The number of aryl methyl sites for hydroxylation is 2. The van der Waals surface area contributed by atoms with E-state index in [1.807, 2.05) is 0 Å². The van der Waals surface area contributed by atoms with Crippen LogP contribution in [0.15, 0.2) is 4.79 Å². The van der Waals surface area contributed by atoms with Crippen molar-refractivity contribution in [3.63, 3.8) is 0 Å². The number of hydrogen-bond acceptors (Lipinski definition) is 5. The van der Waals surface area contributed by atoms with Crippen molar-refractivity contribution in [3.8, 4) is 0 Å². The van der Waals surface area contributed by atoms with Crippen molar-refractivity contribution in [1.29, 1.82) is 0 Å². The van der Waals surface area contributed by atoms with Crippen LogP contribution in [-0.2, 0) is 19.4 Å². The molecule has 1 fully saturated rings. The van der Waals surface area contributed by atoms with Gasteiger partial charge < -0.3 is 9.88 Å². The number of nitrogens with one attached hydrogen (secondary N) is 1. The van der Waals surface area contributed by atoms with Gasteiger partial charge in [-0.15, -0.1) is 11.3 Å². The highest BCUT2D eigenvalue weighted by Crippen LogP contribution is 2.33. The molecule has 2 aromatic rings. The number of H-pyrrole nitrogens is 1. The molecule has 0 unspecified atom stereocenters. The van der Waals surface area contributed by atoms with E-state index in [-0.39, 0.29) is 5.56 Å². The van der Waals surface area contributed by atoms with Gasteiger partial charge in [-0.2, -0.15) is 0 Å². The van der Waals surface area contributed by atoms with Crippen LogP contribution in [0.2, 0.25) is 0 Å². The molecular formula is C16H22N4OS. The molecule has 118 valence electrons. The molecule has 1 saturated heterocycles. The number of aromatic nitrogens is 2. The second kappa shape index (κ2) is 5.76. The Bertz CT molecular complexity index is 742. The largest absolute Gasteiger partial charge is 0.309 e. The summed E-state index contributed by atoms with van der Waals surface area (Å²) in [6.07, 6.45) is 4.59. The lowest BCUT2D eigenvalue weighted by molar-refractivity contribution is 0.145. The molecule has 0 radical (unpaired) electrons. The third-order valence-corrected chi connectivity index (χ3v) is 6.03. The van der Waals surface area contributed by atoms with Crippen molar-refractivity contribution in [2.45, 2.75) is 32.2 Å². The molecule has 2 aromatic heterocycles. The molecule has 0 spiro atoms. The van der Waals surface area contributed by atoms with Gasteiger partial charge in [0, 0.05) is 31.1 Å². The lowest BCUT2D eigenvalue weighted by atomic mass is 9.97. The van der Waals surface area contributed by atoms with Crippen molar-refractivity contribution >= 4 is 21.6 Å². The van der Waals surface area contributed by atoms with E-state index in [4.69, 9.17) is 4.98 Å². The summed E-state index contributed by atoms with van der Waals surface area (Å²) in [5.74, 6) is 0.820. The summed E-state index contributed by atoms with van der Waals surface area (Å²) in [6.45, 7) is 5.00. The molecule has 0 amide bonds. The number of likely N-dealkylation sites (N-methyl/N-ethyl adjacent to an activating group) is 1. The van der Waals surface area contributed by atoms with E-state index in [9.17, 15) is 4.79 Å². The highest BCUT2D eigenvalue weighted by Gasteiger charge is 2.21. The first-order valence-corrected chi connectivity index (χ1v) is 8.97. The lowest BCUT2D eigenvalue weighted by Crippen LogP contribution is -2.44. The maximum Gasteiger partial charge on any atom is 0.259 e. The van der Waals surface area contributed by atoms with Crippen LogP contribution in [0.4, 0.5) is 0 Å². The maximum atomic E-state index is 12.5. The lowest BCUT2D eigenvalue weighted by Gasteiger charge is -2.31. The monoisotopic (exact) mass is 318 g/mol. The fraction of sp³-hybridized carbons (Fsp3) is 0.625. The van der Waals surface area contributed by atoms with Gasteiger partial charge in [0.1, 0.15) is 10.7 Å². The Hall–Kier alpha value is -1.24. The summed E-state index contributed by atoms with van der Waals surface area (Å²) in [5, 5.41) is 0.863. The molecule has 6 heteroatoms. The Morgan fingerprint density at radius 3 is 2.77 bits per heavy atom. The zero-order valence-corrected chi connectivity index (χ0v) is 13.8. The predicted octanol–water partition coefficient (Wildman–Crippen LogP) is 1.61. The van der Waals surface area contributed by atoms with Gasteiger partial charge in [-0.05, 0) is 38.3 Å². The number of aromatic amines is 1. The third kappa shape index (κ3) is 2.59. The molecule has 0 aromatic carbocycles. The fourth-order valence-electron chi connectivity index (χ4n) is 3.50.